The zero-order valence-electron chi connectivity index (χ0n) is 16.4. The summed E-state index contributed by atoms with van der Waals surface area (Å²) in [7, 11) is 0. The summed E-state index contributed by atoms with van der Waals surface area (Å²) in [5.74, 6) is 0.747. The zero-order valence-corrected chi connectivity index (χ0v) is 16.4. The highest BCUT2D eigenvalue weighted by atomic mass is 16.1. The van der Waals surface area contributed by atoms with Crippen molar-refractivity contribution in [1.29, 1.82) is 0 Å². The van der Waals surface area contributed by atoms with Crippen LogP contribution in [0.1, 0.15) is 27.3 Å². The van der Waals surface area contributed by atoms with Crippen molar-refractivity contribution >= 4 is 23.0 Å². The van der Waals surface area contributed by atoms with E-state index in [0.29, 0.717) is 18.7 Å². The summed E-state index contributed by atoms with van der Waals surface area (Å²) in [5, 5.41) is 3.01. The Morgan fingerprint density at radius 3 is 2.62 bits per heavy atom. The largest absolute Gasteiger partial charge is 0.345 e. The number of amides is 1. The highest BCUT2D eigenvalue weighted by molar-refractivity contribution is 5.94. The van der Waals surface area contributed by atoms with E-state index in [-0.39, 0.29) is 5.91 Å². The van der Waals surface area contributed by atoms with Gasteiger partial charge in [-0.3, -0.25) is 4.79 Å². The quantitative estimate of drug-likeness (QED) is 0.512. The number of aryl methyl sites for hydroxylation is 1. The van der Waals surface area contributed by atoms with Crippen LogP contribution in [0.4, 0.5) is 0 Å². The van der Waals surface area contributed by atoms with Crippen molar-refractivity contribution in [2.24, 2.45) is 0 Å². The lowest BCUT2D eigenvalue weighted by Gasteiger charge is -2.09. The molecule has 0 bridgehead atoms. The van der Waals surface area contributed by atoms with Gasteiger partial charge in [0.05, 0.1) is 17.6 Å². The van der Waals surface area contributed by atoms with Crippen LogP contribution in [0.5, 0.6) is 0 Å². The van der Waals surface area contributed by atoms with Gasteiger partial charge in [-0.25, -0.2) is 4.98 Å². The van der Waals surface area contributed by atoms with Crippen molar-refractivity contribution in [1.82, 2.24) is 14.9 Å². The summed E-state index contributed by atoms with van der Waals surface area (Å²) in [6.07, 6.45) is 4.22. The number of rotatable bonds is 6. The van der Waals surface area contributed by atoms with Crippen molar-refractivity contribution in [3.63, 3.8) is 0 Å². The van der Waals surface area contributed by atoms with Crippen LogP contribution in [-0.4, -0.2) is 15.5 Å². The molecule has 1 heterocycles. The second kappa shape index (κ2) is 8.57. The molecule has 1 N–H and O–H groups in total. The molecule has 1 aromatic heterocycles. The monoisotopic (exact) mass is 381 g/mol. The Hall–Kier alpha value is -3.66. The molecule has 0 saturated heterocycles. The highest BCUT2D eigenvalue weighted by Gasteiger charge is 2.11. The molecular weight excluding hydrogens is 358 g/mol. The maximum atomic E-state index is 12.5. The number of carbonyl (C=O) groups is 1. The number of fused-ring (bicyclic) bond motifs is 1. The lowest BCUT2D eigenvalue weighted by atomic mass is 10.1. The summed E-state index contributed by atoms with van der Waals surface area (Å²) < 4.78 is 2.14. The fourth-order valence-corrected chi connectivity index (χ4v) is 3.37. The van der Waals surface area contributed by atoms with Gasteiger partial charge in [-0.15, -0.1) is 0 Å². The lowest BCUT2D eigenvalue weighted by molar-refractivity contribution is 0.0949. The molecule has 0 spiro atoms. The molecule has 0 aliphatic rings. The molecule has 0 aliphatic heterocycles. The average molecular weight is 381 g/mol. The topological polar surface area (TPSA) is 46.9 Å². The molecule has 144 valence electrons. The predicted octanol–water partition coefficient (Wildman–Crippen LogP) is 4.99. The van der Waals surface area contributed by atoms with Gasteiger partial charge in [-0.05, 0) is 36.8 Å². The lowest BCUT2D eigenvalue weighted by Crippen LogP contribution is -2.24. The third-order valence-electron chi connectivity index (χ3n) is 4.82. The number of hydrogen-bond donors (Lipinski definition) is 1. The van der Waals surface area contributed by atoms with Gasteiger partial charge in [0.1, 0.15) is 5.82 Å². The molecule has 4 heteroatoms. The molecule has 4 nitrogen and oxygen atoms in total. The van der Waals surface area contributed by atoms with E-state index in [2.05, 4.69) is 40.2 Å². The number of carbonyl (C=O) groups excluding carboxylic acids is 1. The Labute approximate surface area is 170 Å². The number of hydrogen-bond acceptors (Lipinski definition) is 2. The number of nitrogens with one attached hydrogen (secondary N) is 1. The Kier molecular flexibility index (Phi) is 5.52. The van der Waals surface area contributed by atoms with E-state index in [9.17, 15) is 4.79 Å². The van der Waals surface area contributed by atoms with E-state index >= 15 is 0 Å². The van der Waals surface area contributed by atoms with Gasteiger partial charge < -0.3 is 9.88 Å². The van der Waals surface area contributed by atoms with Crippen LogP contribution in [0.3, 0.4) is 0 Å². The summed E-state index contributed by atoms with van der Waals surface area (Å²) >= 11 is 0. The van der Waals surface area contributed by atoms with E-state index in [1.807, 2.05) is 67.6 Å². The first-order valence-electron chi connectivity index (χ1n) is 9.71. The first kappa shape index (κ1) is 18.7. The van der Waals surface area contributed by atoms with Crippen LogP contribution in [0.15, 0.2) is 84.9 Å². The van der Waals surface area contributed by atoms with Gasteiger partial charge in [0, 0.05) is 12.1 Å². The second-order valence-electron chi connectivity index (χ2n) is 6.99. The highest BCUT2D eigenvalue weighted by Crippen LogP contribution is 2.17. The maximum absolute atomic E-state index is 12.5. The zero-order chi connectivity index (χ0) is 20.1. The van der Waals surface area contributed by atoms with Crippen LogP contribution >= 0.6 is 0 Å². The number of para-hydroxylation sites is 2. The molecule has 1 amide bonds. The predicted molar refractivity (Wildman–Crippen MR) is 118 cm³/mol. The summed E-state index contributed by atoms with van der Waals surface area (Å²) in [4.78, 5) is 17.3. The standard InChI is InChI=1S/C25H23N3O/c1-19-9-7-13-21(17-19)25(29)26-18-24-27-22-14-5-6-15-23(22)28(24)16-8-12-20-10-3-2-4-11-20/h2-15,17H,16,18H2,1H3,(H,26,29)/b12-8+. The van der Waals surface area contributed by atoms with Gasteiger partial charge in [0.15, 0.2) is 0 Å². The average Bonchev–Trinajstić information content (AvgIpc) is 3.10. The van der Waals surface area contributed by atoms with Crippen LogP contribution in [0.25, 0.3) is 17.1 Å². The van der Waals surface area contributed by atoms with Crippen molar-refractivity contribution in [3.8, 4) is 0 Å². The van der Waals surface area contributed by atoms with Gasteiger partial charge >= 0.3 is 0 Å². The maximum Gasteiger partial charge on any atom is 0.251 e. The minimum Gasteiger partial charge on any atom is -0.345 e. The third-order valence-corrected chi connectivity index (χ3v) is 4.82. The molecule has 0 unspecified atom stereocenters. The van der Waals surface area contributed by atoms with Crippen molar-refractivity contribution in [2.75, 3.05) is 0 Å². The number of imidazole rings is 1. The van der Waals surface area contributed by atoms with E-state index in [1.54, 1.807) is 0 Å². The fourth-order valence-electron chi connectivity index (χ4n) is 3.37. The molecule has 0 aliphatic carbocycles. The molecule has 0 saturated carbocycles. The Balaban J connectivity index is 1.54. The minimum absolute atomic E-state index is 0.0906. The second-order valence-corrected chi connectivity index (χ2v) is 6.99. The SMILES string of the molecule is Cc1cccc(C(=O)NCc2nc3ccccc3n2C/C=C/c2ccccc2)c1. The normalized spacial score (nSPS) is 11.2. The molecule has 0 radical (unpaired) electrons. The van der Waals surface area contributed by atoms with Crippen LogP contribution in [-0.2, 0) is 13.1 Å². The Bertz CT molecular complexity index is 1160. The number of benzene rings is 3. The molecular formula is C25H23N3O. The molecule has 4 aromatic rings. The third kappa shape index (κ3) is 4.43. The minimum atomic E-state index is -0.0906. The molecule has 29 heavy (non-hydrogen) atoms. The molecule has 4 rings (SSSR count). The number of nitrogens with zero attached hydrogens (tertiary/aromatic N) is 2. The van der Waals surface area contributed by atoms with Gasteiger partial charge in [-0.1, -0.05) is 72.3 Å². The van der Waals surface area contributed by atoms with Crippen LogP contribution < -0.4 is 5.32 Å². The van der Waals surface area contributed by atoms with Crippen molar-refractivity contribution in [3.05, 3.63) is 107 Å². The van der Waals surface area contributed by atoms with E-state index in [4.69, 9.17) is 4.98 Å². The van der Waals surface area contributed by atoms with Crippen molar-refractivity contribution < 1.29 is 4.79 Å². The Morgan fingerprint density at radius 1 is 1.00 bits per heavy atom. The fraction of sp³-hybridized carbons (Fsp3) is 0.120. The van der Waals surface area contributed by atoms with E-state index in [1.165, 1.54) is 0 Å². The molecule has 3 aromatic carbocycles. The summed E-state index contributed by atoms with van der Waals surface area (Å²) in [6.45, 7) is 3.04. The van der Waals surface area contributed by atoms with Crippen molar-refractivity contribution in [2.45, 2.75) is 20.0 Å². The number of allylic oxidation sites excluding steroid dienone is 1. The number of aromatic nitrogens is 2. The first-order chi connectivity index (χ1) is 14.2. The first-order valence-corrected chi connectivity index (χ1v) is 9.71. The van der Waals surface area contributed by atoms with Gasteiger partial charge in [0.25, 0.3) is 5.91 Å². The van der Waals surface area contributed by atoms with E-state index < -0.39 is 0 Å². The molecule has 0 fully saturated rings. The van der Waals surface area contributed by atoms with Crippen LogP contribution in [0.2, 0.25) is 0 Å². The Morgan fingerprint density at radius 2 is 1.79 bits per heavy atom. The smallest absolute Gasteiger partial charge is 0.251 e. The molecule has 0 atom stereocenters. The van der Waals surface area contributed by atoms with Gasteiger partial charge in [-0.2, -0.15) is 0 Å². The summed E-state index contributed by atoms with van der Waals surface area (Å²) in [6, 6.07) is 25.9. The summed E-state index contributed by atoms with van der Waals surface area (Å²) in [5.41, 5.74) is 4.88. The van der Waals surface area contributed by atoms with Gasteiger partial charge in [0.2, 0.25) is 0 Å². The van der Waals surface area contributed by atoms with Crippen LogP contribution in [0, 0.1) is 6.92 Å². The van der Waals surface area contributed by atoms with E-state index in [0.717, 1.165) is 28.0 Å².